The number of benzene rings is 2. The maximum atomic E-state index is 13.6. The quantitative estimate of drug-likeness (QED) is 0.556. The van der Waals surface area contributed by atoms with E-state index in [-0.39, 0.29) is 17.6 Å². The number of halogens is 1. The number of fused-ring (bicyclic) bond motifs is 1. The van der Waals surface area contributed by atoms with Crippen LogP contribution in [0.25, 0.3) is 0 Å². The Morgan fingerprint density at radius 3 is 2.62 bits per heavy atom. The number of allylic oxidation sites excluding steroid dienone is 2. The molecule has 164 valence electrons. The number of hydrogen-bond acceptors (Lipinski definition) is 6. The molecule has 32 heavy (non-hydrogen) atoms. The van der Waals surface area contributed by atoms with Gasteiger partial charge in [-0.2, -0.15) is 0 Å². The van der Waals surface area contributed by atoms with E-state index in [1.807, 2.05) is 49.4 Å². The second-order valence-electron chi connectivity index (χ2n) is 8.16. The SMILES string of the molecule is COc1ccc([C@@H]2CC(=O)C3=C(C2)Nc2onc(C)c2[C@H]3c2cccc(Cl)c2)cc1OC. The van der Waals surface area contributed by atoms with Crippen LogP contribution in [0.5, 0.6) is 11.5 Å². The Balaban J connectivity index is 1.58. The van der Waals surface area contributed by atoms with Crippen molar-refractivity contribution in [2.24, 2.45) is 0 Å². The molecular formula is C25H23ClN2O4. The van der Waals surface area contributed by atoms with E-state index in [9.17, 15) is 4.79 Å². The van der Waals surface area contributed by atoms with E-state index in [1.54, 1.807) is 14.2 Å². The highest BCUT2D eigenvalue weighted by atomic mass is 35.5. The van der Waals surface area contributed by atoms with Gasteiger partial charge in [0, 0.05) is 28.6 Å². The van der Waals surface area contributed by atoms with Gasteiger partial charge >= 0.3 is 0 Å². The fourth-order valence-corrected chi connectivity index (χ4v) is 5.03. The monoisotopic (exact) mass is 450 g/mol. The molecule has 1 N–H and O–H groups in total. The first-order valence-electron chi connectivity index (χ1n) is 10.5. The first-order chi connectivity index (χ1) is 15.5. The van der Waals surface area contributed by atoms with Crippen LogP contribution in [0.3, 0.4) is 0 Å². The molecule has 6 nitrogen and oxygen atoms in total. The number of aryl methyl sites for hydroxylation is 1. The number of ketones is 1. The van der Waals surface area contributed by atoms with Gasteiger partial charge < -0.3 is 19.3 Å². The lowest BCUT2D eigenvalue weighted by Crippen LogP contribution is -2.29. The Bertz CT molecular complexity index is 1250. The highest BCUT2D eigenvalue weighted by Crippen LogP contribution is 2.49. The summed E-state index contributed by atoms with van der Waals surface area (Å²) in [7, 11) is 3.22. The van der Waals surface area contributed by atoms with Gasteiger partial charge in [0.1, 0.15) is 0 Å². The normalized spacial score (nSPS) is 19.8. The fraction of sp³-hybridized carbons (Fsp3) is 0.280. The van der Waals surface area contributed by atoms with Gasteiger partial charge in [-0.1, -0.05) is 35.0 Å². The Morgan fingerprint density at radius 2 is 1.88 bits per heavy atom. The molecule has 0 spiro atoms. The van der Waals surface area contributed by atoms with Gasteiger partial charge in [0.15, 0.2) is 17.3 Å². The Morgan fingerprint density at radius 1 is 1.06 bits per heavy atom. The zero-order valence-electron chi connectivity index (χ0n) is 18.1. The van der Waals surface area contributed by atoms with Crippen molar-refractivity contribution in [2.45, 2.75) is 31.6 Å². The van der Waals surface area contributed by atoms with Crippen molar-refractivity contribution in [3.63, 3.8) is 0 Å². The van der Waals surface area contributed by atoms with E-state index in [4.69, 9.17) is 25.6 Å². The summed E-state index contributed by atoms with van der Waals surface area (Å²) in [5.74, 6) is 1.77. The summed E-state index contributed by atoms with van der Waals surface area (Å²) in [4.78, 5) is 13.6. The Labute approximate surface area is 191 Å². The van der Waals surface area contributed by atoms with E-state index in [0.29, 0.717) is 35.2 Å². The second-order valence-corrected chi connectivity index (χ2v) is 8.60. The molecule has 3 aromatic rings. The average molecular weight is 451 g/mol. The highest BCUT2D eigenvalue weighted by molar-refractivity contribution is 6.30. The molecule has 1 aliphatic carbocycles. The number of ether oxygens (including phenoxy) is 2. The fourth-order valence-electron chi connectivity index (χ4n) is 4.83. The minimum absolute atomic E-state index is 0.0131. The molecular weight excluding hydrogens is 428 g/mol. The zero-order chi connectivity index (χ0) is 22.4. The third-order valence-corrected chi connectivity index (χ3v) is 6.55. The molecule has 0 bridgehead atoms. The van der Waals surface area contributed by atoms with Crippen molar-refractivity contribution >= 4 is 23.3 Å². The van der Waals surface area contributed by atoms with E-state index in [0.717, 1.165) is 33.7 Å². The summed E-state index contributed by atoms with van der Waals surface area (Å²) < 4.78 is 16.4. The molecule has 1 aliphatic heterocycles. The molecule has 2 atom stereocenters. The summed E-state index contributed by atoms with van der Waals surface area (Å²) in [5.41, 5.74) is 5.28. The van der Waals surface area contributed by atoms with E-state index in [2.05, 4.69) is 10.5 Å². The van der Waals surface area contributed by atoms with Gasteiger partial charge in [-0.15, -0.1) is 0 Å². The number of hydrogen-bond donors (Lipinski definition) is 1. The number of rotatable bonds is 4. The first kappa shape index (κ1) is 20.6. The smallest absolute Gasteiger partial charge is 0.233 e. The lowest BCUT2D eigenvalue weighted by molar-refractivity contribution is -0.116. The van der Waals surface area contributed by atoms with Gasteiger partial charge in [-0.05, 0) is 54.7 Å². The van der Waals surface area contributed by atoms with Crippen molar-refractivity contribution < 1.29 is 18.8 Å². The van der Waals surface area contributed by atoms with Crippen LogP contribution in [0.4, 0.5) is 5.88 Å². The van der Waals surface area contributed by atoms with Crippen molar-refractivity contribution in [1.82, 2.24) is 5.16 Å². The van der Waals surface area contributed by atoms with Crippen LogP contribution >= 0.6 is 11.6 Å². The Kier molecular flexibility index (Phi) is 5.18. The predicted octanol–water partition coefficient (Wildman–Crippen LogP) is 5.61. The Hall–Kier alpha value is -3.25. The molecule has 7 heteroatoms. The number of carbonyl (C=O) groups is 1. The van der Waals surface area contributed by atoms with Crippen molar-refractivity contribution in [3.05, 3.63) is 81.1 Å². The molecule has 0 saturated heterocycles. The number of nitrogens with zero attached hydrogens (tertiary/aromatic N) is 1. The number of nitrogens with one attached hydrogen (secondary N) is 1. The molecule has 2 aliphatic rings. The predicted molar refractivity (Wildman–Crippen MR) is 122 cm³/mol. The summed E-state index contributed by atoms with van der Waals surface area (Å²) in [6, 6.07) is 13.5. The summed E-state index contributed by atoms with van der Waals surface area (Å²) >= 11 is 6.30. The van der Waals surface area contributed by atoms with Crippen molar-refractivity contribution in [1.29, 1.82) is 0 Å². The van der Waals surface area contributed by atoms with Gasteiger partial charge in [-0.3, -0.25) is 4.79 Å². The largest absolute Gasteiger partial charge is 0.493 e. The molecule has 5 rings (SSSR count). The molecule has 0 unspecified atom stereocenters. The van der Waals surface area contributed by atoms with Crippen LogP contribution in [0.15, 0.2) is 58.3 Å². The van der Waals surface area contributed by atoms with Crippen LogP contribution in [0, 0.1) is 6.92 Å². The molecule has 2 aromatic carbocycles. The number of aromatic nitrogens is 1. The third kappa shape index (κ3) is 3.35. The lowest BCUT2D eigenvalue weighted by Gasteiger charge is -2.34. The maximum absolute atomic E-state index is 13.6. The van der Waals surface area contributed by atoms with Crippen LogP contribution in [0.1, 0.15) is 47.1 Å². The topological polar surface area (TPSA) is 73.6 Å². The standard InChI is InChI=1S/C25H23ClN2O4/c1-13-22-23(15-5-4-6-17(26)9-15)24-18(27-25(22)32-28-13)10-16(11-19(24)29)14-7-8-20(30-2)21(12-14)31-3/h4-9,12,16,23,27H,10-11H2,1-3H3/t16-,23+/m0/s1. The summed E-state index contributed by atoms with van der Waals surface area (Å²) in [5, 5.41) is 8.15. The molecule has 0 amide bonds. The van der Waals surface area contributed by atoms with E-state index >= 15 is 0 Å². The van der Waals surface area contributed by atoms with Crippen LogP contribution in [0.2, 0.25) is 5.02 Å². The van der Waals surface area contributed by atoms with Crippen molar-refractivity contribution in [2.75, 3.05) is 19.5 Å². The minimum Gasteiger partial charge on any atom is -0.493 e. The van der Waals surface area contributed by atoms with E-state index in [1.165, 1.54) is 0 Å². The average Bonchev–Trinajstić information content (AvgIpc) is 3.17. The highest BCUT2D eigenvalue weighted by Gasteiger charge is 2.41. The maximum Gasteiger partial charge on any atom is 0.233 e. The summed E-state index contributed by atoms with van der Waals surface area (Å²) in [6.45, 7) is 1.90. The number of carbonyl (C=O) groups excluding carboxylic acids is 1. The number of anilines is 1. The van der Waals surface area contributed by atoms with Gasteiger partial charge in [0.2, 0.25) is 5.88 Å². The van der Waals surface area contributed by atoms with Gasteiger partial charge in [0.05, 0.1) is 25.5 Å². The van der Waals surface area contributed by atoms with Gasteiger partial charge in [0.25, 0.3) is 0 Å². The molecule has 0 fully saturated rings. The van der Waals surface area contributed by atoms with Crippen molar-refractivity contribution in [3.8, 4) is 11.5 Å². The second kappa shape index (κ2) is 8.02. The third-order valence-electron chi connectivity index (χ3n) is 6.32. The van der Waals surface area contributed by atoms with Crippen LogP contribution in [-0.2, 0) is 4.79 Å². The molecule has 1 aromatic heterocycles. The number of Topliss-reactive ketones (excluding diaryl/α,β-unsaturated/α-hetero) is 1. The number of methoxy groups -OCH3 is 2. The first-order valence-corrected chi connectivity index (χ1v) is 10.8. The molecule has 2 heterocycles. The minimum atomic E-state index is -0.259. The van der Waals surface area contributed by atoms with E-state index < -0.39 is 0 Å². The zero-order valence-corrected chi connectivity index (χ0v) is 18.8. The van der Waals surface area contributed by atoms with Gasteiger partial charge in [-0.25, -0.2) is 0 Å². The molecule has 0 radical (unpaired) electrons. The lowest BCUT2D eigenvalue weighted by atomic mass is 9.72. The summed E-state index contributed by atoms with van der Waals surface area (Å²) in [6.07, 6.45) is 1.08. The molecule has 0 saturated carbocycles. The van der Waals surface area contributed by atoms with Crippen LogP contribution in [-0.4, -0.2) is 25.2 Å². The van der Waals surface area contributed by atoms with Crippen LogP contribution < -0.4 is 14.8 Å².